The lowest BCUT2D eigenvalue weighted by atomic mass is 10.1. The van der Waals surface area contributed by atoms with Gasteiger partial charge in [0.25, 0.3) is 0 Å². The summed E-state index contributed by atoms with van der Waals surface area (Å²) in [5.41, 5.74) is 2.98. The van der Waals surface area contributed by atoms with Gasteiger partial charge in [0.15, 0.2) is 0 Å². The molecule has 2 aliphatic carbocycles. The Hall–Kier alpha value is -1.76. The SMILES string of the molecule is C1=CCC(C2=CC=CC2)=C1.C=COC=C. The molecule has 0 aromatic rings. The molecule has 0 saturated carbocycles. The minimum atomic E-state index is 1.13. The first-order valence-corrected chi connectivity index (χ1v) is 4.97. The van der Waals surface area contributed by atoms with Crippen molar-refractivity contribution in [1.29, 1.82) is 0 Å². The van der Waals surface area contributed by atoms with Crippen LogP contribution < -0.4 is 0 Å². The van der Waals surface area contributed by atoms with Gasteiger partial charge in [0.05, 0.1) is 12.5 Å². The summed E-state index contributed by atoms with van der Waals surface area (Å²) in [5.74, 6) is 0. The second kappa shape index (κ2) is 6.66. The van der Waals surface area contributed by atoms with E-state index in [0.29, 0.717) is 0 Å². The van der Waals surface area contributed by atoms with Crippen LogP contribution >= 0.6 is 0 Å². The highest BCUT2D eigenvalue weighted by Crippen LogP contribution is 2.25. The summed E-state index contributed by atoms with van der Waals surface area (Å²) in [6.45, 7) is 6.51. The fourth-order valence-electron chi connectivity index (χ4n) is 1.44. The Morgan fingerprint density at radius 3 is 1.60 bits per heavy atom. The Bertz CT molecular complexity index is 306. The van der Waals surface area contributed by atoms with Gasteiger partial charge < -0.3 is 4.74 Å². The molecule has 0 aromatic carbocycles. The van der Waals surface area contributed by atoms with Crippen LogP contribution in [-0.2, 0) is 4.74 Å². The van der Waals surface area contributed by atoms with Crippen LogP contribution in [-0.4, -0.2) is 0 Å². The zero-order chi connectivity index (χ0) is 10.9. The quantitative estimate of drug-likeness (QED) is 0.624. The van der Waals surface area contributed by atoms with Gasteiger partial charge in [0.2, 0.25) is 0 Å². The zero-order valence-corrected chi connectivity index (χ0v) is 8.86. The van der Waals surface area contributed by atoms with E-state index in [9.17, 15) is 0 Å². The van der Waals surface area contributed by atoms with Crippen molar-refractivity contribution in [2.75, 3.05) is 0 Å². The highest BCUT2D eigenvalue weighted by atomic mass is 16.5. The van der Waals surface area contributed by atoms with Gasteiger partial charge in [-0.05, 0) is 24.0 Å². The Kier molecular flexibility index (Phi) is 5.02. The van der Waals surface area contributed by atoms with Gasteiger partial charge >= 0.3 is 0 Å². The summed E-state index contributed by atoms with van der Waals surface area (Å²) in [7, 11) is 0. The smallest absolute Gasteiger partial charge is 0.0829 e. The van der Waals surface area contributed by atoms with Crippen LogP contribution in [0.1, 0.15) is 12.8 Å². The normalized spacial score (nSPS) is 16.3. The molecular weight excluding hydrogens is 184 g/mol. The highest BCUT2D eigenvalue weighted by molar-refractivity contribution is 5.44. The van der Waals surface area contributed by atoms with E-state index in [2.05, 4.69) is 54.4 Å². The Morgan fingerprint density at radius 1 is 0.933 bits per heavy atom. The van der Waals surface area contributed by atoms with Gasteiger partial charge in [-0.3, -0.25) is 0 Å². The van der Waals surface area contributed by atoms with Crippen molar-refractivity contribution < 1.29 is 4.74 Å². The highest BCUT2D eigenvalue weighted by Gasteiger charge is 2.05. The van der Waals surface area contributed by atoms with Gasteiger partial charge in [-0.1, -0.05) is 49.6 Å². The molecule has 0 N–H and O–H groups in total. The molecule has 2 aliphatic rings. The monoisotopic (exact) mass is 200 g/mol. The summed E-state index contributed by atoms with van der Waals surface area (Å²) in [4.78, 5) is 0. The first-order valence-electron chi connectivity index (χ1n) is 4.97. The molecule has 0 heterocycles. The molecule has 0 fully saturated rings. The molecular formula is C14H16O. The predicted octanol–water partition coefficient (Wildman–Crippen LogP) is 4.05. The van der Waals surface area contributed by atoms with E-state index in [4.69, 9.17) is 0 Å². The maximum atomic E-state index is 4.36. The molecule has 0 saturated heterocycles. The fourth-order valence-corrected chi connectivity index (χ4v) is 1.44. The van der Waals surface area contributed by atoms with E-state index in [1.54, 1.807) is 0 Å². The van der Waals surface area contributed by atoms with Gasteiger partial charge in [-0.15, -0.1) is 0 Å². The molecule has 15 heavy (non-hydrogen) atoms. The maximum Gasteiger partial charge on any atom is 0.0829 e. The van der Waals surface area contributed by atoms with Crippen LogP contribution in [0.4, 0.5) is 0 Å². The molecule has 0 spiro atoms. The van der Waals surface area contributed by atoms with E-state index < -0.39 is 0 Å². The van der Waals surface area contributed by atoms with E-state index in [1.165, 1.54) is 23.7 Å². The van der Waals surface area contributed by atoms with Crippen LogP contribution in [0.25, 0.3) is 0 Å². The van der Waals surface area contributed by atoms with Crippen molar-refractivity contribution >= 4 is 0 Å². The Morgan fingerprint density at radius 2 is 1.40 bits per heavy atom. The molecule has 1 heteroatoms. The third-order valence-corrected chi connectivity index (χ3v) is 2.15. The Labute approximate surface area is 91.5 Å². The van der Waals surface area contributed by atoms with Crippen LogP contribution in [0, 0.1) is 0 Å². The molecule has 0 aromatic heterocycles. The molecule has 0 atom stereocenters. The summed E-state index contributed by atoms with van der Waals surface area (Å²) in [6, 6.07) is 0. The third kappa shape index (κ3) is 3.86. The van der Waals surface area contributed by atoms with Crippen LogP contribution in [0.15, 0.2) is 73.3 Å². The van der Waals surface area contributed by atoms with E-state index in [-0.39, 0.29) is 0 Å². The van der Waals surface area contributed by atoms with Crippen LogP contribution in [0.3, 0.4) is 0 Å². The van der Waals surface area contributed by atoms with Crippen molar-refractivity contribution in [3.8, 4) is 0 Å². The summed E-state index contributed by atoms with van der Waals surface area (Å²) >= 11 is 0. The minimum Gasteiger partial charge on any atom is -0.474 e. The van der Waals surface area contributed by atoms with E-state index in [0.717, 1.165) is 12.8 Å². The maximum absolute atomic E-state index is 4.36. The lowest BCUT2D eigenvalue weighted by Gasteiger charge is -1.99. The van der Waals surface area contributed by atoms with Gasteiger partial charge in [-0.2, -0.15) is 0 Å². The molecule has 0 amide bonds. The Balaban J connectivity index is 0.000000195. The minimum absolute atomic E-state index is 1.13. The second-order valence-electron chi connectivity index (χ2n) is 3.12. The molecule has 78 valence electrons. The second-order valence-corrected chi connectivity index (χ2v) is 3.12. The van der Waals surface area contributed by atoms with Gasteiger partial charge in [-0.25, -0.2) is 0 Å². The molecule has 1 nitrogen and oxygen atoms in total. The molecule has 0 unspecified atom stereocenters. The molecule has 0 aliphatic heterocycles. The molecule has 2 rings (SSSR count). The molecule has 0 bridgehead atoms. The average molecular weight is 200 g/mol. The van der Waals surface area contributed by atoms with Crippen molar-refractivity contribution in [3.05, 3.63) is 73.3 Å². The van der Waals surface area contributed by atoms with Crippen LogP contribution in [0.5, 0.6) is 0 Å². The lowest BCUT2D eigenvalue weighted by Crippen LogP contribution is -1.80. The zero-order valence-electron chi connectivity index (χ0n) is 8.86. The standard InChI is InChI=1S/C10H10.C4H6O/c1-2-6-9(5-1)10-7-3-4-8-10;1-3-5-4-2/h1-5,7H,6,8H2;3-4H,1-2H2. The van der Waals surface area contributed by atoms with Crippen molar-refractivity contribution in [1.82, 2.24) is 0 Å². The van der Waals surface area contributed by atoms with Crippen molar-refractivity contribution in [2.45, 2.75) is 12.8 Å². The topological polar surface area (TPSA) is 9.23 Å². The number of hydrogen-bond acceptors (Lipinski definition) is 1. The third-order valence-electron chi connectivity index (χ3n) is 2.15. The predicted molar refractivity (Wildman–Crippen MR) is 65.2 cm³/mol. The average Bonchev–Trinajstić information content (AvgIpc) is 2.93. The summed E-state index contributed by atoms with van der Waals surface area (Å²) in [5, 5.41) is 0. The molecule has 0 radical (unpaired) electrons. The van der Waals surface area contributed by atoms with Crippen LogP contribution in [0.2, 0.25) is 0 Å². The van der Waals surface area contributed by atoms with E-state index in [1.807, 2.05) is 0 Å². The summed E-state index contributed by atoms with van der Waals surface area (Å²) in [6.07, 6.45) is 18.0. The number of ether oxygens (including phenoxy) is 1. The number of rotatable bonds is 3. The van der Waals surface area contributed by atoms with Gasteiger partial charge in [0.1, 0.15) is 0 Å². The van der Waals surface area contributed by atoms with Crippen molar-refractivity contribution in [2.24, 2.45) is 0 Å². The lowest BCUT2D eigenvalue weighted by molar-refractivity contribution is 0.406. The number of hydrogen-bond donors (Lipinski definition) is 0. The largest absolute Gasteiger partial charge is 0.474 e. The fraction of sp³-hybridized carbons (Fsp3) is 0.143. The number of allylic oxidation sites excluding steroid dienone is 8. The van der Waals surface area contributed by atoms with E-state index >= 15 is 0 Å². The summed E-state index contributed by atoms with van der Waals surface area (Å²) < 4.78 is 4.36. The van der Waals surface area contributed by atoms with Gasteiger partial charge in [0, 0.05) is 0 Å². The van der Waals surface area contributed by atoms with Crippen molar-refractivity contribution in [3.63, 3.8) is 0 Å². The first kappa shape index (κ1) is 11.3. The first-order chi connectivity index (χ1) is 7.38.